The Morgan fingerprint density at radius 1 is 1.19 bits per heavy atom. The highest BCUT2D eigenvalue weighted by Crippen LogP contribution is 2.14. The van der Waals surface area contributed by atoms with Crippen molar-refractivity contribution in [1.29, 1.82) is 0 Å². The first-order valence-electron chi connectivity index (χ1n) is 7.23. The molecule has 1 atom stereocenters. The summed E-state index contributed by atoms with van der Waals surface area (Å²) in [6, 6.07) is 16.1. The molecule has 0 aliphatic rings. The molecule has 3 heteroatoms. The summed E-state index contributed by atoms with van der Waals surface area (Å²) < 4.78 is 0. The van der Waals surface area contributed by atoms with Crippen LogP contribution in [0, 0.1) is 6.92 Å². The van der Waals surface area contributed by atoms with Gasteiger partial charge in [-0.3, -0.25) is 4.79 Å². The maximum atomic E-state index is 11.1. The maximum Gasteiger partial charge on any atom is 0.248 e. The van der Waals surface area contributed by atoms with E-state index in [1.54, 1.807) is 6.07 Å². The molecule has 2 aromatic rings. The molecule has 0 aliphatic heterocycles. The third kappa shape index (κ3) is 4.17. The lowest BCUT2D eigenvalue weighted by atomic mass is 10.0. The van der Waals surface area contributed by atoms with Crippen molar-refractivity contribution in [3.05, 3.63) is 70.8 Å². The molecule has 0 fully saturated rings. The van der Waals surface area contributed by atoms with Crippen LogP contribution in [0.5, 0.6) is 0 Å². The van der Waals surface area contributed by atoms with Crippen LogP contribution in [0.1, 0.15) is 39.9 Å². The molecule has 1 amide bonds. The van der Waals surface area contributed by atoms with Crippen molar-refractivity contribution in [2.75, 3.05) is 6.54 Å². The topological polar surface area (TPSA) is 55.1 Å². The Hall–Kier alpha value is -2.13. The van der Waals surface area contributed by atoms with Gasteiger partial charge in [-0.25, -0.2) is 0 Å². The van der Waals surface area contributed by atoms with E-state index in [4.69, 9.17) is 5.73 Å². The summed E-state index contributed by atoms with van der Waals surface area (Å²) in [7, 11) is 0. The van der Waals surface area contributed by atoms with Crippen LogP contribution in [0.4, 0.5) is 0 Å². The lowest BCUT2D eigenvalue weighted by Gasteiger charge is -2.14. The molecule has 3 nitrogen and oxygen atoms in total. The number of primary amides is 1. The van der Waals surface area contributed by atoms with Crippen LogP contribution in [0.2, 0.25) is 0 Å². The minimum atomic E-state index is -0.379. The highest BCUT2D eigenvalue weighted by molar-refractivity contribution is 5.93. The van der Waals surface area contributed by atoms with E-state index in [1.165, 1.54) is 11.1 Å². The summed E-state index contributed by atoms with van der Waals surface area (Å²) in [5, 5.41) is 3.47. The standard InChI is InChI=1S/C18H22N2O/c1-13-10-16(18(19)21)8-9-17(13)12-20-11-14(2)15-6-4-3-5-7-15/h3-10,14,20H,11-12H2,1-2H3,(H2,19,21). The lowest BCUT2D eigenvalue weighted by molar-refractivity contribution is 0.1000. The fraction of sp³-hybridized carbons (Fsp3) is 0.278. The zero-order chi connectivity index (χ0) is 15.2. The van der Waals surface area contributed by atoms with Crippen molar-refractivity contribution in [2.24, 2.45) is 5.73 Å². The van der Waals surface area contributed by atoms with Crippen LogP contribution >= 0.6 is 0 Å². The van der Waals surface area contributed by atoms with Gasteiger partial charge in [0.1, 0.15) is 0 Å². The van der Waals surface area contributed by atoms with Crippen molar-refractivity contribution < 1.29 is 4.79 Å². The minimum absolute atomic E-state index is 0.379. The molecule has 0 saturated carbocycles. The molecule has 3 N–H and O–H groups in total. The van der Waals surface area contributed by atoms with Crippen molar-refractivity contribution >= 4 is 5.91 Å². The quantitative estimate of drug-likeness (QED) is 0.855. The van der Waals surface area contributed by atoms with E-state index in [-0.39, 0.29) is 5.91 Å². The molecule has 0 aliphatic carbocycles. The number of nitrogens with two attached hydrogens (primary N) is 1. The number of amides is 1. The predicted octanol–water partition coefficient (Wildman–Crippen LogP) is 2.99. The third-order valence-corrected chi connectivity index (χ3v) is 3.76. The van der Waals surface area contributed by atoms with Crippen molar-refractivity contribution in [3.8, 4) is 0 Å². The smallest absolute Gasteiger partial charge is 0.248 e. The summed E-state index contributed by atoms with van der Waals surface area (Å²) in [4.78, 5) is 11.1. The molecule has 0 radical (unpaired) electrons. The van der Waals surface area contributed by atoms with Gasteiger partial charge in [0.05, 0.1) is 0 Å². The number of carbonyl (C=O) groups excluding carboxylic acids is 1. The van der Waals surface area contributed by atoms with Gasteiger partial charge in [-0.15, -0.1) is 0 Å². The highest BCUT2D eigenvalue weighted by atomic mass is 16.1. The number of benzene rings is 2. The van der Waals surface area contributed by atoms with Gasteiger partial charge in [-0.05, 0) is 41.7 Å². The van der Waals surface area contributed by atoms with Gasteiger partial charge in [0.25, 0.3) is 0 Å². The van der Waals surface area contributed by atoms with Gasteiger partial charge in [0.15, 0.2) is 0 Å². The normalized spacial score (nSPS) is 12.1. The van der Waals surface area contributed by atoms with E-state index < -0.39 is 0 Å². The molecule has 0 spiro atoms. The molecule has 0 aromatic heterocycles. The molecule has 0 bridgehead atoms. The zero-order valence-electron chi connectivity index (χ0n) is 12.6. The Morgan fingerprint density at radius 2 is 1.90 bits per heavy atom. The van der Waals surface area contributed by atoms with Crippen LogP contribution in [0.3, 0.4) is 0 Å². The number of hydrogen-bond donors (Lipinski definition) is 2. The fourth-order valence-electron chi connectivity index (χ4n) is 2.37. The summed E-state index contributed by atoms with van der Waals surface area (Å²) in [5.74, 6) is 0.0895. The van der Waals surface area contributed by atoms with E-state index in [1.807, 2.05) is 25.1 Å². The van der Waals surface area contributed by atoms with E-state index in [9.17, 15) is 4.79 Å². The lowest BCUT2D eigenvalue weighted by Crippen LogP contribution is -2.20. The Kier molecular flexibility index (Phi) is 5.12. The first kappa shape index (κ1) is 15.3. The zero-order valence-corrected chi connectivity index (χ0v) is 12.6. The molecule has 0 heterocycles. The minimum Gasteiger partial charge on any atom is -0.366 e. The van der Waals surface area contributed by atoms with E-state index in [2.05, 4.69) is 36.5 Å². The van der Waals surface area contributed by atoms with Gasteiger partial charge >= 0.3 is 0 Å². The summed E-state index contributed by atoms with van der Waals surface area (Å²) in [6.07, 6.45) is 0. The molecule has 2 rings (SSSR count). The molecular weight excluding hydrogens is 260 g/mol. The van der Waals surface area contributed by atoms with Crippen LogP contribution in [-0.2, 0) is 6.54 Å². The molecule has 1 unspecified atom stereocenters. The fourth-order valence-corrected chi connectivity index (χ4v) is 2.37. The second kappa shape index (κ2) is 7.04. The van der Waals surface area contributed by atoms with E-state index >= 15 is 0 Å². The van der Waals surface area contributed by atoms with Gasteiger partial charge in [-0.2, -0.15) is 0 Å². The summed E-state index contributed by atoms with van der Waals surface area (Å²) in [5.41, 5.74) is 9.47. The average Bonchev–Trinajstić information content (AvgIpc) is 2.49. The van der Waals surface area contributed by atoms with Crippen LogP contribution in [0.25, 0.3) is 0 Å². The Balaban J connectivity index is 1.90. The maximum absolute atomic E-state index is 11.1. The third-order valence-electron chi connectivity index (χ3n) is 3.76. The van der Waals surface area contributed by atoms with Gasteiger partial charge in [-0.1, -0.05) is 43.3 Å². The number of carbonyl (C=O) groups is 1. The van der Waals surface area contributed by atoms with Gasteiger partial charge < -0.3 is 11.1 Å². The van der Waals surface area contributed by atoms with Gasteiger partial charge in [0.2, 0.25) is 5.91 Å². The molecule has 2 aromatic carbocycles. The first-order chi connectivity index (χ1) is 10.1. The highest BCUT2D eigenvalue weighted by Gasteiger charge is 2.06. The largest absolute Gasteiger partial charge is 0.366 e. The van der Waals surface area contributed by atoms with Crippen molar-refractivity contribution in [3.63, 3.8) is 0 Å². The molecule has 21 heavy (non-hydrogen) atoms. The Morgan fingerprint density at radius 3 is 2.52 bits per heavy atom. The van der Waals surface area contributed by atoms with Crippen LogP contribution < -0.4 is 11.1 Å². The number of nitrogens with one attached hydrogen (secondary N) is 1. The van der Waals surface area contributed by atoms with Crippen LogP contribution in [-0.4, -0.2) is 12.5 Å². The Labute approximate surface area is 126 Å². The average molecular weight is 282 g/mol. The molecular formula is C18H22N2O. The second-order valence-electron chi connectivity index (χ2n) is 5.45. The SMILES string of the molecule is Cc1cc(C(N)=O)ccc1CNCC(C)c1ccccc1. The molecule has 0 saturated heterocycles. The summed E-state index contributed by atoms with van der Waals surface area (Å²) in [6.45, 7) is 5.93. The van der Waals surface area contributed by atoms with Crippen LogP contribution in [0.15, 0.2) is 48.5 Å². The van der Waals surface area contributed by atoms with Crippen molar-refractivity contribution in [2.45, 2.75) is 26.3 Å². The Bertz CT molecular complexity index is 608. The first-order valence-corrected chi connectivity index (χ1v) is 7.23. The van der Waals surface area contributed by atoms with Crippen molar-refractivity contribution in [1.82, 2.24) is 5.32 Å². The predicted molar refractivity (Wildman–Crippen MR) is 86.3 cm³/mol. The van der Waals surface area contributed by atoms with Gasteiger partial charge in [0, 0.05) is 18.7 Å². The van der Waals surface area contributed by atoms with E-state index in [0.717, 1.165) is 18.7 Å². The monoisotopic (exact) mass is 282 g/mol. The number of rotatable bonds is 6. The number of aryl methyl sites for hydroxylation is 1. The van der Waals surface area contributed by atoms with E-state index in [0.29, 0.717) is 11.5 Å². The molecule has 110 valence electrons. The summed E-state index contributed by atoms with van der Waals surface area (Å²) >= 11 is 0. The second-order valence-corrected chi connectivity index (χ2v) is 5.45. The number of hydrogen-bond acceptors (Lipinski definition) is 2.